The molecule has 19 heavy (non-hydrogen) atoms. The molecule has 0 aliphatic rings. The number of hydrogen-bond donors (Lipinski definition) is 0. The van der Waals surface area contributed by atoms with E-state index >= 15 is 0 Å². The second-order valence-electron chi connectivity index (χ2n) is 3.80. The first-order valence-corrected chi connectivity index (χ1v) is 6.51. The lowest BCUT2D eigenvalue weighted by Gasteiger charge is -2.09. The van der Waals surface area contributed by atoms with Gasteiger partial charge in [0.25, 0.3) is 0 Å². The summed E-state index contributed by atoms with van der Waals surface area (Å²) < 4.78 is 38.1. The van der Waals surface area contributed by atoms with E-state index in [0.29, 0.717) is 11.3 Å². The number of nitrogens with zero attached hydrogens (tertiary/aromatic N) is 3. The molecule has 0 saturated carbocycles. The number of benzene rings is 1. The van der Waals surface area contributed by atoms with Crippen molar-refractivity contribution in [2.75, 3.05) is 5.75 Å². The van der Waals surface area contributed by atoms with Crippen molar-refractivity contribution in [3.63, 3.8) is 0 Å². The molecular formula is C12H10F3N3S. The number of fused-ring (bicyclic) bond motifs is 1. The highest BCUT2D eigenvalue weighted by atomic mass is 32.2. The van der Waals surface area contributed by atoms with Gasteiger partial charge in [-0.1, -0.05) is 12.1 Å². The summed E-state index contributed by atoms with van der Waals surface area (Å²) in [5, 5.41) is 8.74. The van der Waals surface area contributed by atoms with E-state index in [2.05, 4.69) is 4.98 Å². The summed E-state index contributed by atoms with van der Waals surface area (Å²) >= 11 is -0.0644. The first kappa shape index (κ1) is 13.7. The van der Waals surface area contributed by atoms with Crippen LogP contribution in [0, 0.1) is 11.3 Å². The molecule has 1 aromatic heterocycles. The molecular weight excluding hydrogens is 275 g/mol. The van der Waals surface area contributed by atoms with Crippen molar-refractivity contribution in [2.45, 2.75) is 18.5 Å². The Morgan fingerprint density at radius 3 is 2.74 bits per heavy atom. The fourth-order valence-electron chi connectivity index (χ4n) is 1.83. The average Bonchev–Trinajstić information content (AvgIpc) is 2.67. The topological polar surface area (TPSA) is 41.6 Å². The Morgan fingerprint density at radius 1 is 1.32 bits per heavy atom. The number of rotatable bonds is 4. The second-order valence-corrected chi connectivity index (χ2v) is 4.96. The standard InChI is InChI=1S/C12H10F3N3S/c13-12(14,15)19-8-7-18-10-4-2-1-3-9(10)17-11(18)5-6-16/h1-4H,5,7-8H2. The van der Waals surface area contributed by atoms with Crippen LogP contribution in [0.1, 0.15) is 5.82 Å². The van der Waals surface area contributed by atoms with Gasteiger partial charge in [0, 0.05) is 12.3 Å². The van der Waals surface area contributed by atoms with Crippen LogP contribution in [0.5, 0.6) is 0 Å². The van der Waals surface area contributed by atoms with Crippen molar-refractivity contribution in [1.82, 2.24) is 9.55 Å². The lowest BCUT2D eigenvalue weighted by atomic mass is 10.3. The third-order valence-corrected chi connectivity index (χ3v) is 3.27. The van der Waals surface area contributed by atoms with Crippen molar-refractivity contribution < 1.29 is 13.2 Å². The Bertz CT molecular complexity index is 613. The van der Waals surface area contributed by atoms with Gasteiger partial charge in [-0.2, -0.15) is 18.4 Å². The van der Waals surface area contributed by atoms with E-state index in [1.807, 2.05) is 6.07 Å². The molecule has 0 aliphatic heterocycles. The number of nitriles is 1. The zero-order valence-corrected chi connectivity index (χ0v) is 10.6. The summed E-state index contributed by atoms with van der Waals surface area (Å²) in [6, 6.07) is 9.16. The number of alkyl halides is 3. The molecule has 7 heteroatoms. The number of para-hydroxylation sites is 2. The summed E-state index contributed by atoms with van der Waals surface area (Å²) in [4.78, 5) is 4.27. The monoisotopic (exact) mass is 285 g/mol. The highest BCUT2D eigenvalue weighted by Crippen LogP contribution is 2.30. The van der Waals surface area contributed by atoms with Crippen LogP contribution in [-0.2, 0) is 13.0 Å². The lowest BCUT2D eigenvalue weighted by molar-refractivity contribution is -0.0328. The van der Waals surface area contributed by atoms with E-state index in [9.17, 15) is 13.2 Å². The van der Waals surface area contributed by atoms with Crippen LogP contribution in [0.3, 0.4) is 0 Å². The van der Waals surface area contributed by atoms with Crippen LogP contribution >= 0.6 is 11.8 Å². The highest BCUT2D eigenvalue weighted by molar-refractivity contribution is 8.00. The molecule has 0 fully saturated rings. The molecule has 0 amide bonds. The van der Waals surface area contributed by atoms with Crippen LogP contribution in [0.25, 0.3) is 11.0 Å². The van der Waals surface area contributed by atoms with Gasteiger partial charge in [0.2, 0.25) is 0 Å². The van der Waals surface area contributed by atoms with Crippen LogP contribution in [0.2, 0.25) is 0 Å². The van der Waals surface area contributed by atoms with E-state index in [-0.39, 0.29) is 30.5 Å². The van der Waals surface area contributed by atoms with Crippen molar-refractivity contribution in [3.05, 3.63) is 30.1 Å². The summed E-state index contributed by atoms with van der Waals surface area (Å²) in [5.74, 6) is 0.411. The molecule has 0 unspecified atom stereocenters. The van der Waals surface area contributed by atoms with E-state index in [1.165, 1.54) is 0 Å². The molecule has 1 heterocycles. The lowest BCUT2D eigenvalue weighted by Crippen LogP contribution is -2.09. The highest BCUT2D eigenvalue weighted by Gasteiger charge is 2.27. The molecule has 3 nitrogen and oxygen atoms in total. The SMILES string of the molecule is N#CCc1nc2ccccc2n1CCSC(F)(F)F. The number of aryl methyl sites for hydroxylation is 1. The molecule has 100 valence electrons. The molecule has 0 atom stereocenters. The van der Waals surface area contributed by atoms with Crippen LogP contribution in [0.15, 0.2) is 24.3 Å². The largest absolute Gasteiger partial charge is 0.441 e. The Balaban J connectivity index is 2.24. The minimum atomic E-state index is -4.23. The molecule has 0 bridgehead atoms. The molecule has 2 rings (SSSR count). The number of halogens is 3. The van der Waals surface area contributed by atoms with E-state index in [4.69, 9.17) is 5.26 Å². The van der Waals surface area contributed by atoms with Gasteiger partial charge in [0.15, 0.2) is 0 Å². The van der Waals surface area contributed by atoms with Crippen molar-refractivity contribution in [1.29, 1.82) is 5.26 Å². The zero-order valence-electron chi connectivity index (χ0n) is 9.81. The van der Waals surface area contributed by atoms with Crippen LogP contribution < -0.4 is 0 Å². The molecule has 0 aliphatic carbocycles. The summed E-state index contributed by atoms with van der Waals surface area (Å²) in [7, 11) is 0. The molecule has 0 N–H and O–H groups in total. The smallest absolute Gasteiger partial charge is 0.326 e. The maximum atomic E-state index is 12.1. The molecule has 0 radical (unpaired) electrons. The minimum absolute atomic E-state index is 0.0644. The number of imidazole rings is 1. The second kappa shape index (κ2) is 5.53. The van der Waals surface area contributed by atoms with Gasteiger partial charge in [-0.15, -0.1) is 0 Å². The third kappa shape index (κ3) is 3.41. The quantitative estimate of drug-likeness (QED) is 0.865. The Hall–Kier alpha value is -1.68. The van der Waals surface area contributed by atoms with Gasteiger partial charge in [0.05, 0.1) is 23.5 Å². The summed E-state index contributed by atoms with van der Waals surface area (Å²) in [5.41, 5.74) is -2.77. The Kier molecular flexibility index (Phi) is 4.00. The fraction of sp³-hybridized carbons (Fsp3) is 0.333. The normalized spacial score (nSPS) is 11.7. The first-order chi connectivity index (χ1) is 9.01. The molecule has 0 spiro atoms. The molecule has 0 saturated heterocycles. The van der Waals surface area contributed by atoms with E-state index < -0.39 is 5.51 Å². The molecule has 1 aromatic carbocycles. The number of thioether (sulfide) groups is 1. The van der Waals surface area contributed by atoms with Crippen molar-refractivity contribution >= 4 is 22.8 Å². The van der Waals surface area contributed by atoms with E-state index in [0.717, 1.165) is 5.52 Å². The summed E-state index contributed by atoms with van der Waals surface area (Å²) in [6.07, 6.45) is 0.0887. The Labute approximate surface area is 112 Å². The first-order valence-electron chi connectivity index (χ1n) is 5.53. The van der Waals surface area contributed by atoms with Gasteiger partial charge >= 0.3 is 5.51 Å². The van der Waals surface area contributed by atoms with Crippen molar-refractivity contribution in [2.24, 2.45) is 0 Å². The summed E-state index contributed by atoms with van der Waals surface area (Å²) in [6.45, 7) is 0.182. The maximum absolute atomic E-state index is 12.1. The number of aromatic nitrogens is 2. The number of hydrogen-bond acceptors (Lipinski definition) is 3. The predicted molar refractivity (Wildman–Crippen MR) is 67.6 cm³/mol. The van der Waals surface area contributed by atoms with Gasteiger partial charge in [-0.25, -0.2) is 4.98 Å². The average molecular weight is 285 g/mol. The van der Waals surface area contributed by atoms with Gasteiger partial charge in [-0.3, -0.25) is 0 Å². The fourth-order valence-corrected chi connectivity index (χ4v) is 2.34. The van der Waals surface area contributed by atoms with Crippen LogP contribution in [0.4, 0.5) is 13.2 Å². The van der Waals surface area contributed by atoms with Gasteiger partial charge in [0.1, 0.15) is 5.82 Å². The van der Waals surface area contributed by atoms with Gasteiger partial charge < -0.3 is 4.57 Å². The third-order valence-electron chi connectivity index (χ3n) is 2.55. The maximum Gasteiger partial charge on any atom is 0.441 e. The van der Waals surface area contributed by atoms with Crippen LogP contribution in [-0.4, -0.2) is 20.8 Å². The minimum Gasteiger partial charge on any atom is -0.326 e. The Morgan fingerprint density at radius 2 is 2.05 bits per heavy atom. The zero-order chi connectivity index (χ0) is 13.9. The van der Waals surface area contributed by atoms with E-state index in [1.54, 1.807) is 28.8 Å². The van der Waals surface area contributed by atoms with Gasteiger partial charge in [-0.05, 0) is 23.9 Å². The van der Waals surface area contributed by atoms with Crippen molar-refractivity contribution in [3.8, 4) is 6.07 Å². The predicted octanol–water partition coefficient (Wildman–Crippen LogP) is 3.36. The molecule has 2 aromatic rings.